The van der Waals surface area contributed by atoms with E-state index >= 15 is 0 Å². The van der Waals surface area contributed by atoms with E-state index in [1.165, 1.54) is 30.5 Å². The lowest BCUT2D eigenvalue weighted by atomic mass is 10.0. The molecule has 2 N–H and O–H groups in total. The van der Waals surface area contributed by atoms with Gasteiger partial charge in [-0.15, -0.1) is 10.2 Å². The summed E-state index contributed by atoms with van der Waals surface area (Å²) in [5, 5.41) is 25.3. The fraction of sp³-hybridized carbons (Fsp3) is 0. The normalized spacial score (nSPS) is 11.0. The molecule has 2 aromatic carbocycles. The van der Waals surface area contributed by atoms with Crippen molar-refractivity contribution in [3.05, 3.63) is 75.9 Å². The van der Waals surface area contributed by atoms with Gasteiger partial charge in [-0.05, 0) is 47.7 Å². The lowest BCUT2D eigenvalue weighted by Crippen LogP contribution is -2.06. The fourth-order valence-corrected chi connectivity index (χ4v) is 2.52. The summed E-state index contributed by atoms with van der Waals surface area (Å²) in [5.41, 5.74) is 1.31. The average molecular weight is 413 g/mol. The summed E-state index contributed by atoms with van der Waals surface area (Å²) in [6.07, 6.45) is 1.38. The van der Waals surface area contributed by atoms with Gasteiger partial charge in [-0.3, -0.25) is 4.79 Å². The number of hydrogen-bond acceptors (Lipinski definition) is 6. The molecule has 3 rings (SSSR count). The van der Waals surface area contributed by atoms with Crippen molar-refractivity contribution in [1.82, 2.24) is 20.6 Å². The van der Waals surface area contributed by atoms with E-state index < -0.39 is 5.82 Å². The van der Waals surface area contributed by atoms with E-state index in [2.05, 4.69) is 41.9 Å². The maximum Gasteiger partial charge on any atom is 0.216 e. The van der Waals surface area contributed by atoms with Gasteiger partial charge in [0.2, 0.25) is 5.82 Å². The third-order valence-corrected chi connectivity index (χ3v) is 3.90. The van der Waals surface area contributed by atoms with E-state index in [1.54, 1.807) is 18.2 Å². The zero-order valence-electron chi connectivity index (χ0n) is 13.1. The molecular weight excluding hydrogens is 403 g/mol. The number of ketones is 1. The number of carbonyl (C=O) groups is 1. The number of allylic oxidation sites excluding steroid dienone is 1. The zero-order valence-corrected chi connectivity index (χ0v) is 14.7. The number of carbonyl (C=O) groups excluding carboxylic acids is 1. The van der Waals surface area contributed by atoms with E-state index in [9.17, 15) is 14.4 Å². The van der Waals surface area contributed by atoms with Crippen LogP contribution in [0.1, 0.15) is 21.7 Å². The monoisotopic (exact) mass is 412 g/mol. The summed E-state index contributed by atoms with van der Waals surface area (Å²) in [7, 11) is 0. The SMILES string of the molecule is N#CC(=CNc1ccc(Br)cc1C(=O)c1ccc(F)cc1)c1nn[nH]n1. The molecule has 9 heteroatoms. The van der Waals surface area contributed by atoms with Gasteiger partial charge in [0.1, 0.15) is 17.5 Å². The Hall–Kier alpha value is -3.38. The molecule has 0 aliphatic heterocycles. The number of aromatic nitrogens is 4. The van der Waals surface area contributed by atoms with Gasteiger partial charge in [0, 0.05) is 27.5 Å². The van der Waals surface area contributed by atoms with Crippen molar-refractivity contribution in [3.63, 3.8) is 0 Å². The lowest BCUT2D eigenvalue weighted by Gasteiger charge is -2.10. The predicted octanol–water partition coefficient (Wildman–Crippen LogP) is 3.31. The fourth-order valence-electron chi connectivity index (χ4n) is 2.16. The molecule has 0 bridgehead atoms. The first-order valence-electron chi connectivity index (χ1n) is 7.29. The second kappa shape index (κ2) is 7.67. The molecule has 0 unspecified atom stereocenters. The van der Waals surface area contributed by atoms with E-state index in [-0.39, 0.29) is 17.2 Å². The Balaban J connectivity index is 1.95. The third-order valence-electron chi connectivity index (χ3n) is 3.41. The number of nitriles is 1. The largest absolute Gasteiger partial charge is 0.360 e. The molecule has 0 aliphatic carbocycles. The number of rotatable bonds is 5. The van der Waals surface area contributed by atoms with Gasteiger partial charge in [0.25, 0.3) is 0 Å². The van der Waals surface area contributed by atoms with Crippen molar-refractivity contribution in [3.8, 4) is 6.07 Å². The molecule has 0 saturated carbocycles. The molecule has 1 aromatic heterocycles. The maximum absolute atomic E-state index is 13.1. The quantitative estimate of drug-likeness (QED) is 0.491. The van der Waals surface area contributed by atoms with E-state index in [0.717, 1.165) is 0 Å². The number of halogens is 2. The number of nitrogens with zero attached hydrogens (tertiary/aromatic N) is 4. The van der Waals surface area contributed by atoms with Crippen LogP contribution in [0.3, 0.4) is 0 Å². The Bertz CT molecular complexity index is 1010. The van der Waals surface area contributed by atoms with Crippen molar-refractivity contribution in [2.45, 2.75) is 0 Å². The molecule has 0 spiro atoms. The zero-order chi connectivity index (χ0) is 18.5. The summed E-state index contributed by atoms with van der Waals surface area (Å²) in [6, 6.07) is 12.3. The second-order valence-corrected chi connectivity index (χ2v) is 5.99. The topological polar surface area (TPSA) is 107 Å². The number of nitrogens with one attached hydrogen (secondary N) is 2. The second-order valence-electron chi connectivity index (χ2n) is 5.08. The Morgan fingerprint density at radius 1 is 1.27 bits per heavy atom. The number of aromatic amines is 1. The third kappa shape index (κ3) is 3.81. The Morgan fingerprint density at radius 3 is 2.69 bits per heavy atom. The Kier molecular flexibility index (Phi) is 5.15. The molecule has 7 nitrogen and oxygen atoms in total. The minimum Gasteiger partial charge on any atom is -0.360 e. The molecule has 3 aromatic rings. The van der Waals surface area contributed by atoms with E-state index in [1.807, 2.05) is 6.07 Å². The van der Waals surface area contributed by atoms with Crippen molar-refractivity contribution in [1.29, 1.82) is 5.26 Å². The standard InChI is InChI=1S/C17H10BrFN6O/c18-12-3-6-15(21-9-11(8-20)17-22-24-25-23-17)14(7-12)16(26)10-1-4-13(19)5-2-10/h1-7,9,21H,(H,22,23,24,25). The first-order chi connectivity index (χ1) is 12.6. The molecule has 26 heavy (non-hydrogen) atoms. The first kappa shape index (κ1) is 17.4. The highest BCUT2D eigenvalue weighted by atomic mass is 79.9. The molecule has 128 valence electrons. The van der Waals surface area contributed by atoms with Crippen molar-refractivity contribution < 1.29 is 9.18 Å². The van der Waals surface area contributed by atoms with Gasteiger partial charge in [0.05, 0.1) is 0 Å². The summed E-state index contributed by atoms with van der Waals surface area (Å²) in [5.74, 6) is -0.584. The van der Waals surface area contributed by atoms with Crippen LogP contribution in [-0.2, 0) is 0 Å². The van der Waals surface area contributed by atoms with E-state index in [4.69, 9.17) is 0 Å². The van der Waals surface area contributed by atoms with Crippen LogP contribution in [0.15, 0.2) is 53.1 Å². The van der Waals surface area contributed by atoms with Gasteiger partial charge in [-0.1, -0.05) is 15.9 Å². The highest BCUT2D eigenvalue weighted by molar-refractivity contribution is 9.10. The van der Waals surface area contributed by atoms with Gasteiger partial charge in [0.15, 0.2) is 5.78 Å². The van der Waals surface area contributed by atoms with Gasteiger partial charge >= 0.3 is 0 Å². The minimum absolute atomic E-state index is 0.128. The van der Waals surface area contributed by atoms with Crippen LogP contribution >= 0.6 is 15.9 Å². The van der Waals surface area contributed by atoms with Gasteiger partial charge in [-0.25, -0.2) is 4.39 Å². The lowest BCUT2D eigenvalue weighted by molar-refractivity contribution is 0.103. The van der Waals surface area contributed by atoms with Crippen LogP contribution in [0.25, 0.3) is 5.57 Å². The minimum atomic E-state index is -0.421. The smallest absolute Gasteiger partial charge is 0.216 e. The number of H-pyrrole nitrogens is 1. The van der Waals surface area contributed by atoms with Crippen LogP contribution in [0, 0.1) is 17.1 Å². The van der Waals surface area contributed by atoms with Gasteiger partial charge < -0.3 is 5.32 Å². The number of hydrogen-bond donors (Lipinski definition) is 2. The van der Waals surface area contributed by atoms with Crippen LogP contribution in [-0.4, -0.2) is 26.4 Å². The Labute approximate surface area is 155 Å². The molecule has 0 fully saturated rings. The molecule has 0 atom stereocenters. The van der Waals surface area contributed by atoms with E-state index in [0.29, 0.717) is 21.3 Å². The summed E-state index contributed by atoms with van der Waals surface area (Å²) in [4.78, 5) is 12.8. The summed E-state index contributed by atoms with van der Waals surface area (Å²) < 4.78 is 13.8. The Morgan fingerprint density at radius 2 is 2.04 bits per heavy atom. The van der Waals surface area contributed by atoms with Gasteiger partial charge in [-0.2, -0.15) is 10.5 Å². The highest BCUT2D eigenvalue weighted by Crippen LogP contribution is 2.25. The molecule has 1 heterocycles. The van der Waals surface area contributed by atoms with Crippen molar-refractivity contribution in [2.24, 2.45) is 0 Å². The number of benzene rings is 2. The van der Waals surface area contributed by atoms with Crippen LogP contribution in [0.4, 0.5) is 10.1 Å². The van der Waals surface area contributed by atoms with Crippen LogP contribution in [0.5, 0.6) is 0 Å². The van der Waals surface area contributed by atoms with Crippen molar-refractivity contribution >= 4 is 33.0 Å². The molecule has 0 radical (unpaired) electrons. The highest BCUT2D eigenvalue weighted by Gasteiger charge is 2.15. The number of anilines is 1. The first-order valence-corrected chi connectivity index (χ1v) is 8.08. The maximum atomic E-state index is 13.1. The summed E-state index contributed by atoms with van der Waals surface area (Å²) in [6.45, 7) is 0. The number of tetrazole rings is 1. The molecule has 0 aliphatic rings. The summed E-state index contributed by atoms with van der Waals surface area (Å²) >= 11 is 3.33. The van der Waals surface area contributed by atoms with Crippen LogP contribution in [0.2, 0.25) is 0 Å². The van der Waals surface area contributed by atoms with Crippen molar-refractivity contribution in [2.75, 3.05) is 5.32 Å². The molecule has 0 amide bonds. The van der Waals surface area contributed by atoms with Crippen LogP contribution < -0.4 is 5.32 Å². The molecule has 0 saturated heterocycles. The average Bonchev–Trinajstić information content (AvgIpc) is 3.18. The predicted molar refractivity (Wildman–Crippen MR) is 95.4 cm³/mol. The molecular formula is C17H10BrFN6O.